The zero-order valence-corrected chi connectivity index (χ0v) is 17.1. The minimum atomic E-state index is 0. The zero-order valence-electron chi connectivity index (χ0n) is 16.3. The summed E-state index contributed by atoms with van der Waals surface area (Å²) in [6.07, 6.45) is 4.79. The standard InChI is InChI=1S/C20H28N4O2.ClH/c1-12(2)17-10-16(18-13(3)23-26-19(18)22-17)20(25)24-8-6-15(7-9-24)21-11-14-4-5-14;/h10,12,14-15,21H,4-9,11H2,1-3H3;1H. The highest BCUT2D eigenvalue weighted by molar-refractivity contribution is 6.06. The third-order valence-corrected chi connectivity index (χ3v) is 5.63. The first-order valence-corrected chi connectivity index (χ1v) is 9.82. The monoisotopic (exact) mass is 392 g/mol. The summed E-state index contributed by atoms with van der Waals surface area (Å²) in [5.41, 5.74) is 2.75. The van der Waals surface area contributed by atoms with Crippen molar-refractivity contribution in [2.75, 3.05) is 19.6 Å². The number of fused-ring (bicyclic) bond motifs is 1. The van der Waals surface area contributed by atoms with E-state index in [9.17, 15) is 4.79 Å². The topological polar surface area (TPSA) is 71.3 Å². The summed E-state index contributed by atoms with van der Waals surface area (Å²) in [6, 6.07) is 2.47. The van der Waals surface area contributed by atoms with E-state index < -0.39 is 0 Å². The molecule has 0 aromatic carbocycles. The molecule has 6 nitrogen and oxygen atoms in total. The summed E-state index contributed by atoms with van der Waals surface area (Å²) in [7, 11) is 0. The number of carbonyl (C=O) groups is 1. The van der Waals surface area contributed by atoms with Gasteiger partial charge in [-0.05, 0) is 57.1 Å². The van der Waals surface area contributed by atoms with Crippen LogP contribution in [-0.4, -0.2) is 46.6 Å². The lowest BCUT2D eigenvalue weighted by atomic mass is 10.0. The highest BCUT2D eigenvalue weighted by atomic mass is 35.5. The summed E-state index contributed by atoms with van der Waals surface area (Å²) in [6.45, 7) is 8.75. The van der Waals surface area contributed by atoms with Gasteiger partial charge in [0.1, 0.15) is 0 Å². The molecule has 1 N–H and O–H groups in total. The van der Waals surface area contributed by atoms with Crippen LogP contribution in [0, 0.1) is 12.8 Å². The molecule has 7 heteroatoms. The van der Waals surface area contributed by atoms with Crippen LogP contribution in [0.4, 0.5) is 0 Å². The van der Waals surface area contributed by atoms with Crippen molar-refractivity contribution < 1.29 is 9.32 Å². The Morgan fingerprint density at radius 2 is 2.00 bits per heavy atom. The average molecular weight is 393 g/mol. The minimum Gasteiger partial charge on any atom is -0.339 e. The lowest BCUT2D eigenvalue weighted by molar-refractivity contribution is 0.0706. The Hall–Kier alpha value is -1.66. The van der Waals surface area contributed by atoms with E-state index in [2.05, 4.69) is 29.3 Å². The normalized spacial score (nSPS) is 18.1. The number of rotatable bonds is 5. The third-order valence-electron chi connectivity index (χ3n) is 5.63. The molecule has 1 amide bonds. The maximum absolute atomic E-state index is 13.2. The fourth-order valence-corrected chi connectivity index (χ4v) is 3.69. The molecule has 148 valence electrons. The summed E-state index contributed by atoms with van der Waals surface area (Å²) in [5, 5.41) is 8.45. The smallest absolute Gasteiger partial charge is 0.259 e. The number of amides is 1. The van der Waals surface area contributed by atoms with Gasteiger partial charge in [0.15, 0.2) is 0 Å². The molecular formula is C20H29ClN4O2. The molecule has 1 saturated heterocycles. The van der Waals surface area contributed by atoms with Gasteiger partial charge in [0.2, 0.25) is 0 Å². The van der Waals surface area contributed by atoms with Gasteiger partial charge in [0, 0.05) is 24.8 Å². The van der Waals surface area contributed by atoms with Gasteiger partial charge in [0.05, 0.1) is 16.6 Å². The number of likely N-dealkylation sites (tertiary alicyclic amines) is 1. The van der Waals surface area contributed by atoms with Gasteiger partial charge in [-0.1, -0.05) is 19.0 Å². The first-order chi connectivity index (χ1) is 12.5. The van der Waals surface area contributed by atoms with Crippen LogP contribution in [0.1, 0.15) is 67.2 Å². The SMILES string of the molecule is Cc1noc2nc(C(C)C)cc(C(=O)N3CCC(NCC4CC4)CC3)c12.Cl. The van der Waals surface area contributed by atoms with Crippen molar-refractivity contribution in [3.8, 4) is 0 Å². The van der Waals surface area contributed by atoms with Crippen molar-refractivity contribution in [3.63, 3.8) is 0 Å². The minimum absolute atomic E-state index is 0. The molecule has 1 aliphatic heterocycles. The molecule has 4 rings (SSSR count). The molecule has 1 aliphatic carbocycles. The highest BCUT2D eigenvalue weighted by Crippen LogP contribution is 2.29. The predicted octanol–water partition coefficient (Wildman–Crippen LogP) is 3.68. The van der Waals surface area contributed by atoms with Crippen molar-refractivity contribution in [2.24, 2.45) is 5.92 Å². The third kappa shape index (κ3) is 4.27. The summed E-state index contributed by atoms with van der Waals surface area (Å²) >= 11 is 0. The fraction of sp³-hybridized carbons (Fsp3) is 0.650. The molecule has 2 aromatic rings. The number of piperidine rings is 1. The number of halogens is 1. The molecule has 0 radical (unpaired) electrons. The average Bonchev–Trinajstić information content (AvgIpc) is 3.41. The number of hydrogen-bond acceptors (Lipinski definition) is 5. The Labute approximate surface area is 166 Å². The maximum atomic E-state index is 13.2. The van der Waals surface area contributed by atoms with Crippen LogP contribution in [0.2, 0.25) is 0 Å². The molecule has 0 atom stereocenters. The molecule has 2 aromatic heterocycles. The largest absolute Gasteiger partial charge is 0.339 e. The predicted molar refractivity (Wildman–Crippen MR) is 108 cm³/mol. The number of aromatic nitrogens is 2. The number of nitrogens with one attached hydrogen (secondary N) is 1. The second-order valence-electron chi connectivity index (χ2n) is 8.12. The first-order valence-electron chi connectivity index (χ1n) is 9.82. The van der Waals surface area contributed by atoms with Crippen LogP contribution < -0.4 is 5.32 Å². The van der Waals surface area contributed by atoms with Crippen molar-refractivity contribution >= 4 is 29.4 Å². The van der Waals surface area contributed by atoms with Crippen molar-refractivity contribution in [1.82, 2.24) is 20.4 Å². The molecule has 27 heavy (non-hydrogen) atoms. The van der Waals surface area contributed by atoms with Crippen LogP contribution >= 0.6 is 12.4 Å². The van der Waals surface area contributed by atoms with E-state index in [1.807, 2.05) is 17.9 Å². The van der Waals surface area contributed by atoms with Crippen LogP contribution in [0.15, 0.2) is 10.6 Å². The number of pyridine rings is 1. The molecular weight excluding hydrogens is 364 g/mol. The molecule has 0 bridgehead atoms. The van der Waals surface area contributed by atoms with Gasteiger partial charge < -0.3 is 14.7 Å². The van der Waals surface area contributed by atoms with Gasteiger partial charge in [-0.2, -0.15) is 0 Å². The van der Waals surface area contributed by atoms with E-state index in [1.165, 1.54) is 12.8 Å². The number of aryl methyl sites for hydroxylation is 1. The summed E-state index contributed by atoms with van der Waals surface area (Å²) in [4.78, 5) is 19.7. The Bertz CT molecular complexity index is 808. The van der Waals surface area contributed by atoms with Gasteiger partial charge >= 0.3 is 0 Å². The van der Waals surface area contributed by atoms with Crippen LogP contribution in [0.5, 0.6) is 0 Å². The molecule has 0 spiro atoms. The number of carbonyl (C=O) groups excluding carboxylic acids is 1. The summed E-state index contributed by atoms with van der Waals surface area (Å²) < 4.78 is 5.35. The number of nitrogens with zero attached hydrogens (tertiary/aromatic N) is 3. The lowest BCUT2D eigenvalue weighted by Gasteiger charge is -2.32. The van der Waals surface area contributed by atoms with E-state index >= 15 is 0 Å². The van der Waals surface area contributed by atoms with Gasteiger partial charge in [-0.15, -0.1) is 12.4 Å². The Morgan fingerprint density at radius 1 is 1.30 bits per heavy atom. The fourth-order valence-electron chi connectivity index (χ4n) is 3.69. The van der Waals surface area contributed by atoms with Crippen LogP contribution in [-0.2, 0) is 0 Å². The van der Waals surface area contributed by atoms with E-state index in [-0.39, 0.29) is 24.2 Å². The Morgan fingerprint density at radius 3 is 2.63 bits per heavy atom. The van der Waals surface area contributed by atoms with Crippen molar-refractivity contribution in [2.45, 2.75) is 58.4 Å². The van der Waals surface area contributed by atoms with Crippen LogP contribution in [0.25, 0.3) is 11.1 Å². The lowest BCUT2D eigenvalue weighted by Crippen LogP contribution is -2.45. The van der Waals surface area contributed by atoms with Gasteiger partial charge in [-0.25, -0.2) is 4.98 Å². The molecule has 1 saturated carbocycles. The van der Waals surface area contributed by atoms with Crippen molar-refractivity contribution in [1.29, 1.82) is 0 Å². The van der Waals surface area contributed by atoms with Gasteiger partial charge in [0.25, 0.3) is 11.6 Å². The van der Waals surface area contributed by atoms with E-state index in [4.69, 9.17) is 4.52 Å². The molecule has 0 unspecified atom stereocenters. The molecule has 3 heterocycles. The van der Waals surface area contributed by atoms with Crippen LogP contribution in [0.3, 0.4) is 0 Å². The quantitative estimate of drug-likeness (QED) is 0.840. The zero-order chi connectivity index (χ0) is 18.3. The Balaban J connectivity index is 0.00000210. The van der Waals surface area contributed by atoms with Gasteiger partial charge in [-0.3, -0.25) is 4.79 Å². The highest BCUT2D eigenvalue weighted by Gasteiger charge is 2.28. The first kappa shape index (κ1) is 20.1. The van der Waals surface area contributed by atoms with E-state index in [1.54, 1.807) is 0 Å². The second-order valence-corrected chi connectivity index (χ2v) is 8.12. The number of hydrogen-bond donors (Lipinski definition) is 1. The molecule has 2 aliphatic rings. The van der Waals surface area contributed by atoms with E-state index in [0.29, 0.717) is 17.3 Å². The second kappa shape index (κ2) is 8.15. The Kier molecular flexibility index (Phi) is 6.06. The van der Waals surface area contributed by atoms with Crippen molar-refractivity contribution in [3.05, 3.63) is 23.0 Å². The van der Waals surface area contributed by atoms with E-state index in [0.717, 1.165) is 55.2 Å². The summed E-state index contributed by atoms with van der Waals surface area (Å²) in [5.74, 6) is 1.20. The maximum Gasteiger partial charge on any atom is 0.259 e. The molecule has 2 fully saturated rings.